The number of sulfonamides is 1. The minimum atomic E-state index is -3.57. The summed E-state index contributed by atoms with van der Waals surface area (Å²) >= 11 is 0. The number of methoxy groups -OCH3 is 1. The topological polar surface area (TPSA) is 87.7 Å². The van der Waals surface area contributed by atoms with Crippen LogP contribution in [0.4, 0.5) is 5.69 Å². The van der Waals surface area contributed by atoms with E-state index in [-0.39, 0.29) is 28.8 Å². The van der Waals surface area contributed by atoms with Crippen LogP contribution in [0, 0.1) is 11.8 Å². The van der Waals surface area contributed by atoms with Crippen LogP contribution in [0.25, 0.3) is 0 Å². The third kappa shape index (κ3) is 3.75. The van der Waals surface area contributed by atoms with Crippen molar-refractivity contribution in [3.8, 4) is 5.75 Å². The van der Waals surface area contributed by atoms with E-state index in [0.717, 1.165) is 32.1 Å². The Morgan fingerprint density at radius 2 is 1.96 bits per heavy atom. The quantitative estimate of drug-likeness (QED) is 0.754. The summed E-state index contributed by atoms with van der Waals surface area (Å²) in [6.07, 6.45) is 8.15. The normalized spacial score (nSPS) is 27.0. The van der Waals surface area contributed by atoms with Crippen molar-refractivity contribution in [1.29, 1.82) is 0 Å². The molecule has 0 radical (unpaired) electrons. The second-order valence-electron chi connectivity index (χ2n) is 7.75. The van der Waals surface area contributed by atoms with E-state index >= 15 is 0 Å². The zero-order valence-electron chi connectivity index (χ0n) is 16.1. The van der Waals surface area contributed by atoms with Gasteiger partial charge >= 0.3 is 0 Å². The number of nitrogens with one attached hydrogen (secondary N) is 2. The molecule has 1 saturated heterocycles. The monoisotopic (exact) mass is 405 g/mol. The molecular formula is C20H27N3O4S. The number of rotatable bonds is 3. The van der Waals surface area contributed by atoms with Gasteiger partial charge in [-0.05, 0) is 50.2 Å². The number of benzene rings is 1. The second kappa shape index (κ2) is 7.75. The van der Waals surface area contributed by atoms with Gasteiger partial charge in [0.2, 0.25) is 15.9 Å². The van der Waals surface area contributed by atoms with Gasteiger partial charge in [-0.25, -0.2) is 8.42 Å². The van der Waals surface area contributed by atoms with E-state index in [9.17, 15) is 13.2 Å². The van der Waals surface area contributed by atoms with E-state index in [1.807, 2.05) is 4.90 Å². The fourth-order valence-electron chi connectivity index (χ4n) is 4.35. The Morgan fingerprint density at radius 1 is 1.18 bits per heavy atom. The van der Waals surface area contributed by atoms with Gasteiger partial charge in [0, 0.05) is 25.1 Å². The number of hydrogen-bond donors (Lipinski definition) is 2. The fraction of sp³-hybridized carbons (Fsp3) is 0.550. The van der Waals surface area contributed by atoms with Crippen molar-refractivity contribution in [3.05, 3.63) is 30.4 Å². The summed E-state index contributed by atoms with van der Waals surface area (Å²) in [6, 6.07) is 4.92. The van der Waals surface area contributed by atoms with Gasteiger partial charge < -0.3 is 15.0 Å². The molecule has 0 aromatic heterocycles. The third-order valence-corrected chi connectivity index (χ3v) is 7.51. The lowest BCUT2D eigenvalue weighted by atomic mass is 9.90. The molecule has 0 spiro atoms. The highest BCUT2D eigenvalue weighted by molar-refractivity contribution is 7.89. The molecular weight excluding hydrogens is 378 g/mol. The number of piperidine rings is 1. The number of likely N-dealkylation sites (tertiary alicyclic amines) is 1. The molecule has 0 unspecified atom stereocenters. The van der Waals surface area contributed by atoms with Crippen molar-refractivity contribution >= 4 is 21.6 Å². The molecule has 7 nitrogen and oxygen atoms in total. The zero-order chi connectivity index (χ0) is 19.7. The standard InChI is InChI=1S/C20H27N3O4S/c1-27-16-7-8-18-17(13-16)21-19(22-28(18,25)26)14-9-11-23(12-10-14)20(24)15-5-3-2-4-6-15/h2-3,7-8,13-15,19,21-22H,4-6,9-12H2,1H3/t15-,19+/m0/s1. The van der Waals surface area contributed by atoms with E-state index in [4.69, 9.17) is 4.74 Å². The molecule has 0 bridgehead atoms. The Morgan fingerprint density at radius 3 is 2.64 bits per heavy atom. The van der Waals surface area contributed by atoms with Gasteiger partial charge in [-0.3, -0.25) is 4.79 Å². The smallest absolute Gasteiger partial charge is 0.244 e. The lowest BCUT2D eigenvalue weighted by Gasteiger charge is -2.39. The number of amides is 1. The van der Waals surface area contributed by atoms with Gasteiger partial charge in [0.25, 0.3) is 0 Å². The summed E-state index contributed by atoms with van der Waals surface area (Å²) in [7, 11) is -2.01. The molecule has 1 aromatic carbocycles. The minimum Gasteiger partial charge on any atom is -0.497 e. The Hall–Kier alpha value is -2.06. The highest BCUT2D eigenvalue weighted by atomic mass is 32.2. The Balaban J connectivity index is 1.42. The molecule has 1 fully saturated rings. The fourth-order valence-corrected chi connectivity index (χ4v) is 5.72. The molecule has 2 heterocycles. The van der Waals surface area contributed by atoms with E-state index in [2.05, 4.69) is 22.2 Å². The molecule has 1 aromatic rings. The zero-order valence-corrected chi connectivity index (χ0v) is 16.9. The molecule has 3 aliphatic rings. The van der Waals surface area contributed by atoms with Gasteiger partial charge in [0.1, 0.15) is 10.6 Å². The Bertz CT molecular complexity index is 875. The molecule has 28 heavy (non-hydrogen) atoms. The maximum atomic E-state index is 12.7. The van der Waals surface area contributed by atoms with Crippen LogP contribution in [0.2, 0.25) is 0 Å². The van der Waals surface area contributed by atoms with Crippen LogP contribution >= 0.6 is 0 Å². The molecule has 4 rings (SSSR count). The van der Waals surface area contributed by atoms with Gasteiger partial charge in [-0.2, -0.15) is 4.72 Å². The predicted octanol–water partition coefficient (Wildman–Crippen LogP) is 2.32. The van der Waals surface area contributed by atoms with Gasteiger partial charge in [-0.15, -0.1) is 0 Å². The molecule has 0 saturated carbocycles. The van der Waals surface area contributed by atoms with Crippen LogP contribution in [0.5, 0.6) is 5.75 Å². The molecule has 152 valence electrons. The van der Waals surface area contributed by atoms with Gasteiger partial charge in [0.15, 0.2) is 0 Å². The van der Waals surface area contributed by atoms with E-state index < -0.39 is 10.0 Å². The van der Waals surface area contributed by atoms with Gasteiger partial charge in [-0.1, -0.05) is 12.2 Å². The number of carbonyl (C=O) groups is 1. The number of fused-ring (bicyclic) bond motifs is 1. The summed E-state index contributed by atoms with van der Waals surface area (Å²) in [6.45, 7) is 1.35. The number of ether oxygens (including phenoxy) is 1. The average Bonchev–Trinajstić information content (AvgIpc) is 2.73. The Labute approximate surface area is 166 Å². The lowest BCUT2D eigenvalue weighted by molar-refractivity contribution is -0.137. The first-order valence-electron chi connectivity index (χ1n) is 9.88. The molecule has 2 atom stereocenters. The van der Waals surface area contributed by atoms with Crippen molar-refractivity contribution < 1.29 is 17.9 Å². The van der Waals surface area contributed by atoms with Crippen molar-refractivity contribution in [2.45, 2.75) is 43.2 Å². The highest BCUT2D eigenvalue weighted by Gasteiger charge is 2.37. The first kappa shape index (κ1) is 19.3. The van der Waals surface area contributed by atoms with E-state index in [1.165, 1.54) is 0 Å². The van der Waals surface area contributed by atoms with Crippen molar-refractivity contribution in [3.63, 3.8) is 0 Å². The van der Waals surface area contributed by atoms with Crippen LogP contribution in [0.1, 0.15) is 32.1 Å². The number of nitrogens with zero attached hydrogens (tertiary/aromatic N) is 1. The van der Waals surface area contributed by atoms with Crippen molar-refractivity contribution in [1.82, 2.24) is 9.62 Å². The maximum absolute atomic E-state index is 12.7. The summed E-state index contributed by atoms with van der Waals surface area (Å²) in [5.41, 5.74) is 0.565. The summed E-state index contributed by atoms with van der Waals surface area (Å²) in [4.78, 5) is 14.9. The number of allylic oxidation sites excluding steroid dienone is 2. The first-order valence-corrected chi connectivity index (χ1v) is 11.4. The molecule has 2 aliphatic heterocycles. The molecule has 1 aliphatic carbocycles. The van der Waals surface area contributed by atoms with Crippen LogP contribution in [-0.4, -0.2) is 45.6 Å². The molecule has 8 heteroatoms. The lowest BCUT2D eigenvalue weighted by Crippen LogP contribution is -2.52. The number of anilines is 1. The summed E-state index contributed by atoms with van der Waals surface area (Å²) < 4.78 is 33.3. The SMILES string of the molecule is COc1ccc2c(c1)N[C@@H](C1CCN(C(=O)[C@H]3CC=CCC3)CC1)NS2(=O)=O. The summed E-state index contributed by atoms with van der Waals surface area (Å²) in [5, 5.41) is 3.32. The Kier molecular flexibility index (Phi) is 5.33. The van der Waals surface area contributed by atoms with Crippen molar-refractivity contribution in [2.75, 3.05) is 25.5 Å². The highest BCUT2D eigenvalue weighted by Crippen LogP contribution is 2.34. The number of hydrogen-bond acceptors (Lipinski definition) is 5. The first-order chi connectivity index (χ1) is 13.5. The molecule has 1 amide bonds. The molecule has 2 N–H and O–H groups in total. The second-order valence-corrected chi connectivity index (χ2v) is 9.43. The van der Waals surface area contributed by atoms with Crippen molar-refractivity contribution in [2.24, 2.45) is 11.8 Å². The van der Waals surface area contributed by atoms with Crippen LogP contribution in [0.15, 0.2) is 35.2 Å². The summed E-state index contributed by atoms with van der Waals surface area (Å²) in [5.74, 6) is 1.09. The number of carbonyl (C=O) groups excluding carboxylic acids is 1. The third-order valence-electron chi connectivity index (χ3n) is 6.01. The van der Waals surface area contributed by atoms with Gasteiger partial charge in [0.05, 0.1) is 19.0 Å². The van der Waals surface area contributed by atoms with Crippen LogP contribution in [0.3, 0.4) is 0 Å². The van der Waals surface area contributed by atoms with Crippen LogP contribution < -0.4 is 14.8 Å². The van der Waals surface area contributed by atoms with E-state index in [1.54, 1.807) is 25.3 Å². The minimum absolute atomic E-state index is 0.104. The maximum Gasteiger partial charge on any atom is 0.244 e. The largest absolute Gasteiger partial charge is 0.497 e. The predicted molar refractivity (Wildman–Crippen MR) is 107 cm³/mol. The average molecular weight is 406 g/mol. The van der Waals surface area contributed by atoms with Crippen LogP contribution in [-0.2, 0) is 14.8 Å². The van der Waals surface area contributed by atoms with E-state index in [0.29, 0.717) is 24.5 Å².